The van der Waals surface area contributed by atoms with Gasteiger partial charge in [0.05, 0.1) is 17.0 Å². The number of hydrogen-bond donors (Lipinski definition) is 1. The molecule has 1 N–H and O–H groups in total. The Bertz CT molecular complexity index is 967. The van der Waals surface area contributed by atoms with Gasteiger partial charge in [0.25, 0.3) is 11.8 Å². The van der Waals surface area contributed by atoms with E-state index >= 15 is 0 Å². The third kappa shape index (κ3) is 3.97. The molecule has 1 aliphatic rings. The minimum atomic E-state index is -3.10. The molecule has 0 bridgehead atoms. The zero-order chi connectivity index (χ0) is 19.6. The molecule has 1 atom stereocenters. The predicted octanol–water partition coefficient (Wildman–Crippen LogP) is 1.12. The molecule has 2 aromatic rings. The van der Waals surface area contributed by atoms with E-state index in [1.54, 1.807) is 35.8 Å². The molecule has 0 saturated carbocycles. The van der Waals surface area contributed by atoms with Crippen LogP contribution in [0.15, 0.2) is 24.4 Å². The zero-order valence-corrected chi connectivity index (χ0v) is 16.3. The van der Waals surface area contributed by atoms with E-state index in [-0.39, 0.29) is 35.0 Å². The summed E-state index contributed by atoms with van der Waals surface area (Å²) in [5.41, 5.74) is 0.741. The highest BCUT2D eigenvalue weighted by Crippen LogP contribution is 2.20. The van der Waals surface area contributed by atoms with Crippen molar-refractivity contribution in [3.05, 3.63) is 35.9 Å². The Morgan fingerprint density at radius 1 is 1.37 bits per heavy atom. The first-order chi connectivity index (χ1) is 12.8. The highest BCUT2D eigenvalue weighted by molar-refractivity contribution is 7.91. The largest absolute Gasteiger partial charge is 0.351 e. The van der Waals surface area contributed by atoms with Gasteiger partial charge in [-0.05, 0) is 25.0 Å². The van der Waals surface area contributed by atoms with Crippen LogP contribution in [0.1, 0.15) is 47.3 Å². The van der Waals surface area contributed by atoms with Gasteiger partial charge in [-0.3, -0.25) is 14.0 Å². The molecule has 3 heterocycles. The van der Waals surface area contributed by atoms with Gasteiger partial charge in [0.1, 0.15) is 0 Å². The monoisotopic (exact) mass is 392 g/mol. The molecule has 2 amide bonds. The maximum absolute atomic E-state index is 13.0. The third-order valence-corrected chi connectivity index (χ3v) is 6.60. The highest BCUT2D eigenvalue weighted by Gasteiger charge is 2.34. The van der Waals surface area contributed by atoms with Crippen molar-refractivity contribution in [2.24, 2.45) is 0 Å². The average molecular weight is 392 g/mol. The lowest BCUT2D eigenvalue weighted by atomic mass is 10.2. The molecule has 27 heavy (non-hydrogen) atoms. The quantitative estimate of drug-likeness (QED) is 0.743. The van der Waals surface area contributed by atoms with Crippen molar-refractivity contribution in [3.63, 3.8) is 0 Å². The van der Waals surface area contributed by atoms with Gasteiger partial charge >= 0.3 is 0 Å². The van der Waals surface area contributed by atoms with E-state index in [9.17, 15) is 18.0 Å². The van der Waals surface area contributed by atoms with E-state index in [1.165, 1.54) is 4.90 Å². The second-order valence-corrected chi connectivity index (χ2v) is 9.05. The number of carbonyl (C=O) groups is 2. The van der Waals surface area contributed by atoms with E-state index in [4.69, 9.17) is 0 Å². The normalized spacial score (nSPS) is 18.5. The van der Waals surface area contributed by atoms with Gasteiger partial charge in [0.15, 0.2) is 15.5 Å². The lowest BCUT2D eigenvalue weighted by Crippen LogP contribution is -2.38. The van der Waals surface area contributed by atoms with Gasteiger partial charge in [-0.2, -0.15) is 0 Å². The fourth-order valence-corrected chi connectivity index (χ4v) is 5.00. The summed E-state index contributed by atoms with van der Waals surface area (Å²) in [6.07, 6.45) is 3.92. The molecule has 1 unspecified atom stereocenters. The summed E-state index contributed by atoms with van der Waals surface area (Å²) in [5, 5.41) is 2.82. The van der Waals surface area contributed by atoms with E-state index in [1.807, 2.05) is 6.92 Å². The Balaban J connectivity index is 1.90. The number of aromatic nitrogens is 2. The third-order valence-electron chi connectivity index (χ3n) is 4.85. The van der Waals surface area contributed by atoms with Crippen molar-refractivity contribution in [1.82, 2.24) is 19.6 Å². The maximum atomic E-state index is 13.0. The molecular weight excluding hydrogens is 368 g/mol. The molecule has 0 spiro atoms. The number of sulfone groups is 1. The first-order valence-corrected chi connectivity index (χ1v) is 10.9. The molecule has 146 valence electrons. The highest BCUT2D eigenvalue weighted by atomic mass is 32.2. The lowest BCUT2D eigenvalue weighted by Gasteiger charge is -2.22. The number of carbonyl (C=O) groups excluding carboxylic acids is 2. The molecule has 0 aliphatic carbocycles. The van der Waals surface area contributed by atoms with Gasteiger partial charge < -0.3 is 10.2 Å². The number of rotatable bonds is 6. The van der Waals surface area contributed by atoms with E-state index in [0.29, 0.717) is 18.5 Å². The first-order valence-electron chi connectivity index (χ1n) is 9.07. The van der Waals surface area contributed by atoms with Crippen LogP contribution in [0.5, 0.6) is 0 Å². The number of imidazole rings is 1. The van der Waals surface area contributed by atoms with Crippen molar-refractivity contribution >= 4 is 27.2 Å². The van der Waals surface area contributed by atoms with Crippen molar-refractivity contribution in [1.29, 1.82) is 0 Å². The summed E-state index contributed by atoms with van der Waals surface area (Å²) in [6, 6.07) is 4.89. The van der Waals surface area contributed by atoms with Crippen molar-refractivity contribution < 1.29 is 18.0 Å². The van der Waals surface area contributed by atoms with Gasteiger partial charge in [-0.25, -0.2) is 13.4 Å². The van der Waals surface area contributed by atoms with Crippen LogP contribution < -0.4 is 5.32 Å². The van der Waals surface area contributed by atoms with E-state index < -0.39 is 15.7 Å². The zero-order valence-electron chi connectivity index (χ0n) is 15.5. The second-order valence-electron chi connectivity index (χ2n) is 6.82. The number of pyridine rings is 1. The molecular formula is C18H24N4O4S. The molecule has 0 radical (unpaired) electrons. The number of fused-ring (bicyclic) bond motifs is 1. The number of unbranched alkanes of at least 4 members (excludes halogenated alkanes) is 1. The summed E-state index contributed by atoms with van der Waals surface area (Å²) in [7, 11) is -1.52. The number of nitrogens with zero attached hydrogens (tertiary/aromatic N) is 3. The minimum absolute atomic E-state index is 0.0388. The molecule has 9 heteroatoms. The SMILES string of the molecule is CCCCNC(=O)c1nc(C(=O)N(C)C2CCS(=O)(=O)C2)n2ccccc12. The van der Waals surface area contributed by atoms with Crippen LogP contribution in [0.25, 0.3) is 5.52 Å². The Hall–Kier alpha value is -2.42. The summed E-state index contributed by atoms with van der Waals surface area (Å²) in [4.78, 5) is 31.2. The van der Waals surface area contributed by atoms with Crippen LogP contribution >= 0.6 is 0 Å². The molecule has 1 fully saturated rings. The van der Waals surface area contributed by atoms with Gasteiger partial charge in [0.2, 0.25) is 5.82 Å². The Morgan fingerprint density at radius 2 is 2.15 bits per heavy atom. The van der Waals surface area contributed by atoms with Gasteiger partial charge in [-0.1, -0.05) is 19.4 Å². The maximum Gasteiger partial charge on any atom is 0.290 e. The van der Waals surface area contributed by atoms with Crippen molar-refractivity contribution in [2.45, 2.75) is 32.2 Å². The smallest absolute Gasteiger partial charge is 0.290 e. The minimum Gasteiger partial charge on any atom is -0.351 e. The molecule has 8 nitrogen and oxygen atoms in total. The van der Waals surface area contributed by atoms with E-state index in [0.717, 1.165) is 12.8 Å². The summed E-state index contributed by atoms with van der Waals surface area (Å²) >= 11 is 0. The Labute approximate surface area is 158 Å². The second kappa shape index (κ2) is 7.67. The van der Waals surface area contributed by atoms with Crippen LogP contribution in [-0.4, -0.2) is 65.7 Å². The van der Waals surface area contributed by atoms with Crippen LogP contribution in [0.2, 0.25) is 0 Å². The Morgan fingerprint density at radius 3 is 2.81 bits per heavy atom. The fraction of sp³-hybridized carbons (Fsp3) is 0.500. The standard InChI is InChI=1S/C18H24N4O4S/c1-3-4-9-19-17(23)15-14-7-5-6-10-22(14)16(20-15)18(24)21(2)13-8-11-27(25,26)12-13/h5-7,10,13H,3-4,8-9,11-12H2,1-2H3,(H,19,23). The van der Waals surface area contributed by atoms with E-state index in [2.05, 4.69) is 10.3 Å². The van der Waals surface area contributed by atoms with Crippen molar-refractivity contribution in [3.8, 4) is 0 Å². The average Bonchev–Trinajstić information content (AvgIpc) is 3.21. The summed E-state index contributed by atoms with van der Waals surface area (Å²) < 4.78 is 25.0. The topological polar surface area (TPSA) is 101 Å². The van der Waals surface area contributed by atoms with Crippen LogP contribution in [0.4, 0.5) is 0 Å². The summed E-state index contributed by atoms with van der Waals surface area (Å²) in [6.45, 7) is 2.58. The van der Waals surface area contributed by atoms with Crippen LogP contribution in [-0.2, 0) is 9.84 Å². The van der Waals surface area contributed by atoms with Crippen LogP contribution in [0.3, 0.4) is 0 Å². The van der Waals surface area contributed by atoms with Crippen molar-refractivity contribution in [2.75, 3.05) is 25.1 Å². The van der Waals surface area contributed by atoms with Gasteiger partial charge in [-0.15, -0.1) is 0 Å². The number of hydrogen-bond acceptors (Lipinski definition) is 5. The molecule has 1 aliphatic heterocycles. The first kappa shape index (κ1) is 19.3. The number of nitrogens with one attached hydrogen (secondary N) is 1. The Kier molecular flexibility index (Phi) is 5.50. The van der Waals surface area contributed by atoms with Crippen LogP contribution in [0, 0.1) is 0 Å². The molecule has 3 rings (SSSR count). The lowest BCUT2D eigenvalue weighted by molar-refractivity contribution is 0.0734. The molecule has 0 aromatic carbocycles. The van der Waals surface area contributed by atoms with Gasteiger partial charge in [0, 0.05) is 25.8 Å². The fourth-order valence-electron chi connectivity index (χ4n) is 3.22. The molecule has 1 saturated heterocycles. The number of amides is 2. The molecule has 2 aromatic heterocycles. The summed E-state index contributed by atoms with van der Waals surface area (Å²) in [5.74, 6) is -0.563. The predicted molar refractivity (Wildman–Crippen MR) is 102 cm³/mol.